The topological polar surface area (TPSA) is 66.5 Å². The highest BCUT2D eigenvalue weighted by Gasteiger charge is 2.26. The van der Waals surface area contributed by atoms with Crippen molar-refractivity contribution < 1.29 is 13.2 Å². The number of carbonyl (C=O) groups excluding carboxylic acids is 1. The maximum atomic E-state index is 12.6. The molecule has 25 heavy (non-hydrogen) atoms. The van der Waals surface area contributed by atoms with Gasteiger partial charge in [-0.05, 0) is 54.8 Å². The maximum absolute atomic E-state index is 12.6. The van der Waals surface area contributed by atoms with Crippen molar-refractivity contribution in [2.45, 2.75) is 38.0 Å². The first-order valence-electron chi connectivity index (χ1n) is 8.49. The maximum Gasteiger partial charge on any atom is 0.261 e. The molecule has 1 aliphatic rings. The molecule has 0 saturated heterocycles. The molecule has 0 spiro atoms. The van der Waals surface area contributed by atoms with Gasteiger partial charge in [-0.25, -0.2) is 8.42 Å². The highest BCUT2D eigenvalue weighted by molar-refractivity contribution is 7.92. The minimum atomic E-state index is -3.64. The number of rotatable bonds is 6. The molecule has 0 saturated carbocycles. The van der Waals surface area contributed by atoms with Crippen molar-refractivity contribution in [1.82, 2.24) is 0 Å². The number of amides is 1. The van der Waals surface area contributed by atoms with Crippen LogP contribution in [0.3, 0.4) is 0 Å². The van der Waals surface area contributed by atoms with Crippen molar-refractivity contribution in [3.8, 4) is 0 Å². The van der Waals surface area contributed by atoms with Crippen LogP contribution in [0.2, 0.25) is 0 Å². The lowest BCUT2D eigenvalue weighted by atomic mass is 10.1. The van der Waals surface area contributed by atoms with Crippen molar-refractivity contribution in [3.63, 3.8) is 0 Å². The summed E-state index contributed by atoms with van der Waals surface area (Å²) in [7, 11) is -3.64. The SMILES string of the molecule is CCCc1ccc(S(=O)(=O)Nc2ccc3c(c2)CC(=O)N3CC)cc1. The van der Waals surface area contributed by atoms with Gasteiger partial charge in [0.2, 0.25) is 5.91 Å². The molecule has 0 atom stereocenters. The summed E-state index contributed by atoms with van der Waals surface area (Å²) in [5.41, 5.74) is 3.31. The molecule has 1 heterocycles. The van der Waals surface area contributed by atoms with Crippen molar-refractivity contribution in [1.29, 1.82) is 0 Å². The molecular formula is C19H22N2O3S. The van der Waals surface area contributed by atoms with Gasteiger partial charge in [-0.2, -0.15) is 0 Å². The van der Waals surface area contributed by atoms with Gasteiger partial charge in [-0.15, -0.1) is 0 Å². The zero-order chi connectivity index (χ0) is 18.0. The van der Waals surface area contributed by atoms with Crippen LogP contribution in [0.5, 0.6) is 0 Å². The Bertz CT molecular complexity index is 889. The predicted octanol–water partition coefficient (Wildman–Crippen LogP) is 3.35. The third kappa shape index (κ3) is 3.54. The summed E-state index contributed by atoms with van der Waals surface area (Å²) in [5.74, 6) is 0.0454. The van der Waals surface area contributed by atoms with E-state index in [1.807, 2.05) is 19.1 Å². The number of aryl methyl sites for hydroxylation is 1. The summed E-state index contributed by atoms with van der Waals surface area (Å²) in [6.45, 7) is 4.62. The smallest absolute Gasteiger partial charge is 0.261 e. The average molecular weight is 358 g/mol. The van der Waals surface area contributed by atoms with E-state index in [2.05, 4.69) is 11.6 Å². The van der Waals surface area contributed by atoms with Crippen LogP contribution in [-0.4, -0.2) is 20.9 Å². The summed E-state index contributed by atoms with van der Waals surface area (Å²) in [6.07, 6.45) is 2.26. The average Bonchev–Trinajstić information content (AvgIpc) is 2.89. The number of sulfonamides is 1. The Morgan fingerprint density at radius 2 is 1.80 bits per heavy atom. The lowest BCUT2D eigenvalue weighted by Gasteiger charge is -2.15. The minimum absolute atomic E-state index is 0.0454. The lowest BCUT2D eigenvalue weighted by Crippen LogP contribution is -2.25. The van der Waals surface area contributed by atoms with Gasteiger partial charge in [0, 0.05) is 17.9 Å². The molecule has 1 amide bonds. The first kappa shape index (κ1) is 17.5. The number of nitrogens with one attached hydrogen (secondary N) is 1. The number of anilines is 2. The molecule has 5 nitrogen and oxygen atoms in total. The predicted molar refractivity (Wildman–Crippen MR) is 99.4 cm³/mol. The van der Waals surface area contributed by atoms with E-state index in [9.17, 15) is 13.2 Å². The highest BCUT2D eigenvalue weighted by Crippen LogP contribution is 2.31. The van der Waals surface area contributed by atoms with Crippen LogP contribution in [0.25, 0.3) is 0 Å². The molecule has 0 fully saturated rings. The van der Waals surface area contributed by atoms with E-state index in [1.165, 1.54) is 0 Å². The normalized spacial score (nSPS) is 13.8. The molecule has 2 aromatic rings. The zero-order valence-electron chi connectivity index (χ0n) is 14.5. The van der Waals surface area contributed by atoms with Crippen molar-refractivity contribution in [2.24, 2.45) is 0 Å². The first-order valence-corrected chi connectivity index (χ1v) is 9.98. The van der Waals surface area contributed by atoms with E-state index in [1.54, 1.807) is 35.2 Å². The van der Waals surface area contributed by atoms with Gasteiger partial charge in [-0.1, -0.05) is 25.5 Å². The van der Waals surface area contributed by atoms with Crippen LogP contribution in [0, 0.1) is 0 Å². The molecule has 6 heteroatoms. The van der Waals surface area contributed by atoms with E-state index in [-0.39, 0.29) is 10.8 Å². The second-order valence-corrected chi connectivity index (χ2v) is 7.84. The molecule has 0 radical (unpaired) electrons. The molecule has 0 aromatic heterocycles. The molecular weight excluding hydrogens is 336 g/mol. The standard InChI is InChI=1S/C19H22N2O3S/c1-3-5-14-6-9-17(10-7-14)25(23,24)20-16-8-11-18-15(12-16)13-19(22)21(18)4-2/h6-12,20H,3-5,13H2,1-2H3. The largest absolute Gasteiger partial charge is 0.312 e. The van der Waals surface area contributed by atoms with E-state index < -0.39 is 10.0 Å². The quantitative estimate of drug-likeness (QED) is 0.861. The fourth-order valence-corrected chi connectivity index (χ4v) is 4.18. The molecule has 1 aliphatic heterocycles. The Balaban J connectivity index is 1.82. The van der Waals surface area contributed by atoms with Crippen LogP contribution >= 0.6 is 0 Å². The second kappa shape index (κ2) is 6.88. The monoisotopic (exact) mass is 358 g/mol. The number of carbonyl (C=O) groups is 1. The summed E-state index contributed by atoms with van der Waals surface area (Å²) in [6, 6.07) is 12.2. The summed E-state index contributed by atoms with van der Waals surface area (Å²) < 4.78 is 27.7. The number of benzene rings is 2. The lowest BCUT2D eigenvalue weighted by molar-refractivity contribution is -0.117. The van der Waals surface area contributed by atoms with Crippen LogP contribution in [0.15, 0.2) is 47.4 Å². The van der Waals surface area contributed by atoms with Crippen molar-refractivity contribution in [2.75, 3.05) is 16.2 Å². The van der Waals surface area contributed by atoms with Gasteiger partial charge < -0.3 is 4.90 Å². The molecule has 1 N–H and O–H groups in total. The third-order valence-corrected chi connectivity index (χ3v) is 5.75. The third-order valence-electron chi connectivity index (χ3n) is 4.35. The Hall–Kier alpha value is -2.34. The summed E-state index contributed by atoms with van der Waals surface area (Å²) in [5, 5.41) is 0. The summed E-state index contributed by atoms with van der Waals surface area (Å²) in [4.78, 5) is 13.9. The molecule has 0 aliphatic carbocycles. The van der Waals surface area contributed by atoms with Gasteiger partial charge >= 0.3 is 0 Å². The van der Waals surface area contributed by atoms with E-state index >= 15 is 0 Å². The van der Waals surface area contributed by atoms with Gasteiger partial charge in [0.05, 0.1) is 11.3 Å². The van der Waals surface area contributed by atoms with Gasteiger partial charge in [0.15, 0.2) is 0 Å². The molecule has 2 aromatic carbocycles. The van der Waals surface area contributed by atoms with Crippen LogP contribution in [0.4, 0.5) is 11.4 Å². The van der Waals surface area contributed by atoms with Crippen molar-refractivity contribution in [3.05, 3.63) is 53.6 Å². The minimum Gasteiger partial charge on any atom is -0.312 e. The molecule has 0 bridgehead atoms. The molecule has 0 unspecified atom stereocenters. The fraction of sp³-hybridized carbons (Fsp3) is 0.316. The van der Waals surface area contributed by atoms with Crippen LogP contribution < -0.4 is 9.62 Å². The van der Waals surface area contributed by atoms with Crippen molar-refractivity contribution >= 4 is 27.3 Å². The highest BCUT2D eigenvalue weighted by atomic mass is 32.2. The molecule has 132 valence electrons. The fourth-order valence-electron chi connectivity index (χ4n) is 3.13. The number of likely N-dealkylation sites (N-methyl/N-ethyl adjacent to an activating group) is 1. The molecule has 3 rings (SSSR count). The Morgan fingerprint density at radius 1 is 1.08 bits per heavy atom. The van der Waals surface area contributed by atoms with Gasteiger partial charge in [-0.3, -0.25) is 9.52 Å². The second-order valence-electron chi connectivity index (χ2n) is 6.16. The van der Waals surface area contributed by atoms with Gasteiger partial charge in [0.1, 0.15) is 0 Å². The van der Waals surface area contributed by atoms with Crippen LogP contribution in [0.1, 0.15) is 31.4 Å². The number of hydrogen-bond donors (Lipinski definition) is 1. The zero-order valence-corrected chi connectivity index (χ0v) is 15.3. The van der Waals surface area contributed by atoms with E-state index in [0.717, 1.165) is 29.7 Å². The Kier molecular flexibility index (Phi) is 4.81. The van der Waals surface area contributed by atoms with E-state index in [4.69, 9.17) is 0 Å². The number of hydrogen-bond acceptors (Lipinski definition) is 3. The number of fused-ring (bicyclic) bond motifs is 1. The van der Waals surface area contributed by atoms with Gasteiger partial charge in [0.25, 0.3) is 10.0 Å². The van der Waals surface area contributed by atoms with E-state index in [0.29, 0.717) is 18.7 Å². The van der Waals surface area contributed by atoms with Crippen LogP contribution in [-0.2, 0) is 27.7 Å². The first-order chi connectivity index (χ1) is 11.9. The Morgan fingerprint density at radius 3 is 2.44 bits per heavy atom. The summed E-state index contributed by atoms with van der Waals surface area (Å²) >= 11 is 0. The number of nitrogens with zero attached hydrogens (tertiary/aromatic N) is 1. The Labute approximate surface area is 148 Å².